The Kier molecular flexibility index (Phi) is 3.31. The molecule has 2 aromatic carbocycles. The fourth-order valence-corrected chi connectivity index (χ4v) is 3.89. The number of para-hydroxylation sites is 1. The molecule has 5 heteroatoms. The van der Waals surface area contributed by atoms with Crippen LogP contribution in [0.15, 0.2) is 66.9 Å². The van der Waals surface area contributed by atoms with E-state index in [0.717, 1.165) is 38.7 Å². The molecular formula is C22H17N3O2. The van der Waals surface area contributed by atoms with E-state index in [1.165, 1.54) is 7.11 Å². The zero-order chi connectivity index (χ0) is 18.5. The fourth-order valence-electron chi connectivity index (χ4n) is 3.89. The van der Waals surface area contributed by atoms with E-state index in [1.807, 2.05) is 66.2 Å². The number of benzene rings is 2. The number of rotatable bonds is 2. The number of carbonyl (C=O) groups is 1. The van der Waals surface area contributed by atoms with Gasteiger partial charge in [-0.2, -0.15) is 0 Å². The van der Waals surface area contributed by atoms with Crippen molar-refractivity contribution in [3.05, 3.63) is 72.6 Å². The number of hydrogen-bond acceptors (Lipinski definition) is 3. The molecule has 3 heterocycles. The maximum atomic E-state index is 12.6. The average molecular weight is 355 g/mol. The lowest BCUT2D eigenvalue weighted by Crippen LogP contribution is -2.09. The maximum absolute atomic E-state index is 12.6. The van der Waals surface area contributed by atoms with Crippen molar-refractivity contribution in [3.8, 4) is 11.4 Å². The van der Waals surface area contributed by atoms with Gasteiger partial charge in [0.05, 0.1) is 24.3 Å². The SMILES string of the molecule is COC(=O)c1cc2c3ccccc3n(C)c2c2cnc(-c3ccccc3)n12. The van der Waals surface area contributed by atoms with Crippen molar-refractivity contribution >= 4 is 33.3 Å². The molecule has 0 aliphatic carbocycles. The highest BCUT2D eigenvalue weighted by molar-refractivity contribution is 6.14. The molecule has 0 bridgehead atoms. The predicted molar refractivity (Wildman–Crippen MR) is 106 cm³/mol. The molecular weight excluding hydrogens is 338 g/mol. The van der Waals surface area contributed by atoms with Crippen LogP contribution in [0.5, 0.6) is 0 Å². The van der Waals surface area contributed by atoms with Crippen LogP contribution in [-0.4, -0.2) is 27.0 Å². The van der Waals surface area contributed by atoms with Gasteiger partial charge in [-0.1, -0.05) is 48.5 Å². The van der Waals surface area contributed by atoms with Gasteiger partial charge in [0.15, 0.2) is 0 Å². The lowest BCUT2D eigenvalue weighted by atomic mass is 10.1. The second kappa shape index (κ2) is 5.71. The Morgan fingerprint density at radius 1 is 0.963 bits per heavy atom. The summed E-state index contributed by atoms with van der Waals surface area (Å²) < 4.78 is 9.12. The first kappa shape index (κ1) is 15.6. The van der Waals surface area contributed by atoms with Gasteiger partial charge in [0.25, 0.3) is 0 Å². The second-order valence-corrected chi connectivity index (χ2v) is 6.53. The van der Waals surface area contributed by atoms with Gasteiger partial charge in [-0.25, -0.2) is 9.78 Å². The van der Waals surface area contributed by atoms with Crippen molar-refractivity contribution in [2.24, 2.45) is 7.05 Å². The van der Waals surface area contributed by atoms with Gasteiger partial charge in [0.2, 0.25) is 0 Å². The van der Waals surface area contributed by atoms with Crippen molar-refractivity contribution in [1.29, 1.82) is 0 Å². The summed E-state index contributed by atoms with van der Waals surface area (Å²) >= 11 is 0. The monoisotopic (exact) mass is 355 g/mol. The molecule has 3 aromatic heterocycles. The Balaban J connectivity index is 2.00. The molecule has 132 valence electrons. The Labute approximate surface area is 155 Å². The number of fused-ring (bicyclic) bond motifs is 5. The standard InChI is InChI=1S/C22H17N3O2/c1-24-17-11-7-6-10-15(17)16-12-18(22(26)27-2)25-19(20(16)24)13-23-21(25)14-8-4-3-5-9-14/h3-13H,1-2H3. The molecule has 0 fully saturated rings. The summed E-state index contributed by atoms with van der Waals surface area (Å²) in [5.41, 5.74) is 4.44. The van der Waals surface area contributed by atoms with Crippen LogP contribution in [0.1, 0.15) is 10.5 Å². The lowest BCUT2D eigenvalue weighted by molar-refractivity contribution is 0.0592. The minimum Gasteiger partial charge on any atom is -0.464 e. The van der Waals surface area contributed by atoms with E-state index in [1.54, 1.807) is 0 Å². The molecule has 5 aromatic rings. The second-order valence-electron chi connectivity index (χ2n) is 6.53. The third kappa shape index (κ3) is 2.11. The van der Waals surface area contributed by atoms with Crippen LogP contribution in [0, 0.1) is 0 Å². The van der Waals surface area contributed by atoms with Crippen molar-refractivity contribution in [3.63, 3.8) is 0 Å². The highest BCUT2D eigenvalue weighted by Crippen LogP contribution is 2.34. The van der Waals surface area contributed by atoms with E-state index < -0.39 is 0 Å². The van der Waals surface area contributed by atoms with Crippen LogP contribution in [0.3, 0.4) is 0 Å². The lowest BCUT2D eigenvalue weighted by Gasteiger charge is -2.10. The molecule has 0 amide bonds. The number of pyridine rings is 1. The molecule has 0 unspecified atom stereocenters. The summed E-state index contributed by atoms with van der Waals surface area (Å²) in [6.07, 6.45) is 1.83. The number of imidazole rings is 1. The minimum absolute atomic E-state index is 0.384. The number of ether oxygens (including phenoxy) is 1. The normalized spacial score (nSPS) is 11.5. The van der Waals surface area contributed by atoms with Crippen molar-refractivity contribution < 1.29 is 9.53 Å². The first-order chi connectivity index (χ1) is 13.2. The summed E-state index contributed by atoms with van der Waals surface area (Å²) in [7, 11) is 3.44. The fraction of sp³-hybridized carbons (Fsp3) is 0.0909. The van der Waals surface area contributed by atoms with Crippen LogP contribution in [-0.2, 0) is 11.8 Å². The Morgan fingerprint density at radius 2 is 1.70 bits per heavy atom. The number of methoxy groups -OCH3 is 1. The highest BCUT2D eigenvalue weighted by atomic mass is 16.5. The number of aryl methyl sites for hydroxylation is 1. The number of aromatic nitrogens is 3. The van der Waals surface area contributed by atoms with E-state index in [9.17, 15) is 4.79 Å². The Bertz CT molecular complexity index is 1330. The predicted octanol–water partition coefficient (Wildman–Crippen LogP) is 4.43. The van der Waals surface area contributed by atoms with E-state index >= 15 is 0 Å². The van der Waals surface area contributed by atoms with Gasteiger partial charge in [-0.15, -0.1) is 0 Å². The van der Waals surface area contributed by atoms with Crippen molar-refractivity contribution in [1.82, 2.24) is 14.0 Å². The molecule has 0 spiro atoms. The molecule has 0 aliphatic heterocycles. The van der Waals surface area contributed by atoms with Crippen LogP contribution in [0.2, 0.25) is 0 Å². The van der Waals surface area contributed by atoms with Gasteiger partial charge in [0.1, 0.15) is 11.5 Å². The quantitative estimate of drug-likeness (QED) is 0.440. The molecule has 0 saturated heterocycles. The number of esters is 1. The summed E-state index contributed by atoms with van der Waals surface area (Å²) in [5.74, 6) is 0.336. The molecule has 5 rings (SSSR count). The zero-order valence-electron chi connectivity index (χ0n) is 15.0. The van der Waals surface area contributed by atoms with E-state index in [-0.39, 0.29) is 5.97 Å². The smallest absolute Gasteiger partial charge is 0.355 e. The topological polar surface area (TPSA) is 48.5 Å². The first-order valence-corrected chi connectivity index (χ1v) is 8.72. The van der Waals surface area contributed by atoms with Crippen LogP contribution < -0.4 is 0 Å². The molecule has 5 nitrogen and oxygen atoms in total. The van der Waals surface area contributed by atoms with Crippen LogP contribution in [0.4, 0.5) is 0 Å². The number of carbonyl (C=O) groups excluding carboxylic acids is 1. The van der Waals surface area contributed by atoms with E-state index in [2.05, 4.69) is 21.7 Å². The summed E-state index contributed by atoms with van der Waals surface area (Å²) in [4.78, 5) is 17.3. The summed E-state index contributed by atoms with van der Waals surface area (Å²) in [6.45, 7) is 0. The van der Waals surface area contributed by atoms with Crippen molar-refractivity contribution in [2.45, 2.75) is 0 Å². The average Bonchev–Trinajstić information content (AvgIpc) is 3.28. The van der Waals surface area contributed by atoms with Gasteiger partial charge >= 0.3 is 5.97 Å². The molecule has 0 radical (unpaired) electrons. The maximum Gasteiger partial charge on any atom is 0.355 e. The van der Waals surface area contributed by atoms with E-state index in [4.69, 9.17) is 4.74 Å². The van der Waals surface area contributed by atoms with Crippen LogP contribution >= 0.6 is 0 Å². The first-order valence-electron chi connectivity index (χ1n) is 8.72. The molecule has 0 aliphatic rings. The summed E-state index contributed by atoms with van der Waals surface area (Å²) in [5, 5.41) is 2.12. The van der Waals surface area contributed by atoms with Crippen LogP contribution in [0.25, 0.3) is 38.7 Å². The van der Waals surface area contributed by atoms with Crippen molar-refractivity contribution in [2.75, 3.05) is 7.11 Å². The third-order valence-corrected chi connectivity index (χ3v) is 5.10. The number of hydrogen-bond donors (Lipinski definition) is 0. The molecule has 0 saturated carbocycles. The summed E-state index contributed by atoms with van der Waals surface area (Å²) in [6, 6.07) is 20.0. The third-order valence-electron chi connectivity index (χ3n) is 5.10. The molecule has 0 N–H and O–H groups in total. The largest absolute Gasteiger partial charge is 0.464 e. The molecule has 0 atom stereocenters. The van der Waals surface area contributed by atoms with Gasteiger partial charge in [-0.05, 0) is 12.1 Å². The van der Waals surface area contributed by atoms with Gasteiger partial charge < -0.3 is 9.30 Å². The van der Waals surface area contributed by atoms with Gasteiger partial charge in [-0.3, -0.25) is 4.40 Å². The minimum atomic E-state index is -0.384. The molecule has 27 heavy (non-hydrogen) atoms. The number of nitrogens with zero attached hydrogens (tertiary/aromatic N) is 3. The Hall–Kier alpha value is -3.60. The van der Waals surface area contributed by atoms with Gasteiger partial charge in [0, 0.05) is 28.9 Å². The highest BCUT2D eigenvalue weighted by Gasteiger charge is 2.21. The Morgan fingerprint density at radius 3 is 2.48 bits per heavy atom. The van der Waals surface area contributed by atoms with E-state index in [0.29, 0.717) is 5.69 Å². The zero-order valence-corrected chi connectivity index (χ0v) is 15.0.